The first-order valence-electron chi connectivity index (χ1n) is 13.1. The van der Waals surface area contributed by atoms with Crippen LogP contribution in [0.25, 0.3) is 0 Å². The first-order chi connectivity index (χ1) is 17.7. The minimum absolute atomic E-state index is 0.153. The van der Waals surface area contributed by atoms with E-state index in [1.807, 2.05) is 20.8 Å². The van der Waals surface area contributed by atoms with E-state index >= 15 is 0 Å². The van der Waals surface area contributed by atoms with Crippen molar-refractivity contribution in [1.29, 1.82) is 0 Å². The highest BCUT2D eigenvalue weighted by atomic mass is 32.2. The number of allylic oxidation sites excluding steroid dienone is 4. The number of halogens is 1. The van der Waals surface area contributed by atoms with E-state index in [1.165, 1.54) is 12.3 Å². The van der Waals surface area contributed by atoms with Crippen molar-refractivity contribution >= 4 is 16.7 Å². The average molecular weight is 541 g/mol. The standard InChI is InChI=1S/C25H43FN6O2S.C2H6/c1-5-20(25(26)14-23(33)6-2)17-30-9-7-22(8-10-30)32-12-11-31(16-19(32)3)18-24(34)13-21(15-27)29-35(4)28;1-2/h6,13-15,19,22,29,33-34H,2,4-5,7-12,16-18,27-28H2,1,3H3;1-2H3/b21-15+,23-14+,24-13+,25-20-;. The SMILES string of the molecule is C=C/C(O)=C\C(F)=C(/CC)CN1CCC(N2CCN(C/C(O)=C\C(=C/N)NS(=C)N)CC2C)CC1.CC. The zero-order chi connectivity index (χ0) is 28.0. The topological polar surface area (TPSA) is 114 Å². The summed E-state index contributed by atoms with van der Waals surface area (Å²) < 4.78 is 17.4. The molecule has 0 saturated carbocycles. The lowest BCUT2D eigenvalue weighted by atomic mass is 9.99. The molecular weight excluding hydrogens is 491 g/mol. The Labute approximate surface area is 226 Å². The minimum Gasteiger partial charge on any atom is -0.511 e. The second-order valence-electron chi connectivity index (χ2n) is 9.20. The van der Waals surface area contributed by atoms with Crippen LogP contribution in [-0.2, 0) is 0 Å². The third-order valence-corrected chi connectivity index (χ3v) is 7.09. The van der Waals surface area contributed by atoms with Crippen molar-refractivity contribution in [2.75, 3.05) is 45.8 Å². The van der Waals surface area contributed by atoms with Gasteiger partial charge in [0.1, 0.15) is 17.3 Å². The van der Waals surface area contributed by atoms with Crippen molar-refractivity contribution in [2.24, 2.45) is 10.9 Å². The van der Waals surface area contributed by atoms with E-state index in [4.69, 9.17) is 10.9 Å². The number of nitrogens with zero attached hydrogens (tertiary/aromatic N) is 3. The molecule has 7 N–H and O–H groups in total. The minimum atomic E-state index is -0.759. The van der Waals surface area contributed by atoms with Gasteiger partial charge in [0.05, 0.1) is 12.2 Å². The van der Waals surface area contributed by atoms with E-state index in [1.54, 1.807) is 6.08 Å². The molecule has 212 valence electrons. The number of hydrogen-bond donors (Lipinski definition) is 5. The fraction of sp³-hybridized carbons (Fsp3) is 0.593. The third kappa shape index (κ3) is 11.4. The number of piperazine rings is 1. The molecule has 0 radical (unpaired) electrons. The van der Waals surface area contributed by atoms with Gasteiger partial charge in [-0.3, -0.25) is 19.8 Å². The van der Waals surface area contributed by atoms with Crippen molar-refractivity contribution in [3.8, 4) is 0 Å². The van der Waals surface area contributed by atoms with Crippen molar-refractivity contribution in [3.63, 3.8) is 0 Å². The first-order valence-corrected chi connectivity index (χ1v) is 14.6. The quantitative estimate of drug-likeness (QED) is 0.151. The molecule has 2 heterocycles. The van der Waals surface area contributed by atoms with Gasteiger partial charge in [0.2, 0.25) is 0 Å². The Bertz CT molecular complexity index is 865. The zero-order valence-electron chi connectivity index (χ0n) is 23.1. The number of hydrogen-bond acceptors (Lipinski definition) is 8. The molecule has 0 aromatic rings. The highest BCUT2D eigenvalue weighted by molar-refractivity contribution is 8.10. The average Bonchev–Trinajstić information content (AvgIpc) is 2.88. The van der Waals surface area contributed by atoms with Gasteiger partial charge in [-0.25, -0.2) is 4.39 Å². The van der Waals surface area contributed by atoms with Crippen LogP contribution in [0.3, 0.4) is 0 Å². The summed E-state index contributed by atoms with van der Waals surface area (Å²) in [6.45, 7) is 17.2. The fourth-order valence-corrected chi connectivity index (χ4v) is 5.21. The molecule has 8 nitrogen and oxygen atoms in total. The Morgan fingerprint density at radius 2 is 1.76 bits per heavy atom. The predicted molar refractivity (Wildman–Crippen MR) is 158 cm³/mol. The van der Waals surface area contributed by atoms with Crippen molar-refractivity contribution < 1.29 is 14.6 Å². The molecule has 0 aromatic heterocycles. The zero-order valence-corrected chi connectivity index (χ0v) is 23.9. The number of aliphatic hydroxyl groups is 2. The molecule has 2 rings (SSSR count). The van der Waals surface area contributed by atoms with Crippen molar-refractivity contribution in [3.05, 3.63) is 59.6 Å². The Kier molecular flexibility index (Phi) is 15.5. The van der Waals surface area contributed by atoms with Crippen LogP contribution < -0.4 is 15.6 Å². The smallest absolute Gasteiger partial charge is 0.127 e. The van der Waals surface area contributed by atoms with E-state index in [-0.39, 0.29) is 17.3 Å². The van der Waals surface area contributed by atoms with Crippen LogP contribution in [-0.4, -0.2) is 88.7 Å². The van der Waals surface area contributed by atoms with Crippen LogP contribution in [0.15, 0.2) is 59.6 Å². The van der Waals surface area contributed by atoms with Gasteiger partial charge in [0, 0.05) is 56.6 Å². The lowest BCUT2D eigenvalue weighted by molar-refractivity contribution is 0.0233. The lowest BCUT2D eigenvalue weighted by Gasteiger charge is -2.46. The summed E-state index contributed by atoms with van der Waals surface area (Å²) >= 11 is 0. The summed E-state index contributed by atoms with van der Waals surface area (Å²) in [6.07, 6.45) is 8.05. The van der Waals surface area contributed by atoms with Gasteiger partial charge in [-0.15, -0.1) is 0 Å². The molecule has 0 amide bonds. The second-order valence-corrected chi connectivity index (χ2v) is 10.3. The number of nitrogens with one attached hydrogen (secondary N) is 1. The van der Waals surface area contributed by atoms with Crippen LogP contribution in [0.4, 0.5) is 4.39 Å². The maximum Gasteiger partial charge on any atom is 0.127 e. The summed E-state index contributed by atoms with van der Waals surface area (Å²) in [5, 5.41) is 25.6. The summed E-state index contributed by atoms with van der Waals surface area (Å²) in [4.78, 5) is 7.12. The molecule has 0 spiro atoms. The van der Waals surface area contributed by atoms with Gasteiger partial charge >= 0.3 is 0 Å². The molecule has 0 aromatic carbocycles. The Morgan fingerprint density at radius 1 is 1.11 bits per heavy atom. The van der Waals surface area contributed by atoms with E-state index in [9.17, 15) is 14.6 Å². The van der Waals surface area contributed by atoms with Gasteiger partial charge in [-0.2, -0.15) is 0 Å². The van der Waals surface area contributed by atoms with E-state index < -0.39 is 10.9 Å². The van der Waals surface area contributed by atoms with Crippen LogP contribution in [0, 0.1) is 0 Å². The van der Waals surface area contributed by atoms with Crippen molar-refractivity contribution in [2.45, 2.75) is 59.0 Å². The number of aliphatic hydroxyl groups excluding tert-OH is 2. The molecule has 37 heavy (non-hydrogen) atoms. The summed E-state index contributed by atoms with van der Waals surface area (Å²) in [5.41, 5.74) is 6.84. The molecule has 2 fully saturated rings. The van der Waals surface area contributed by atoms with Gasteiger partial charge in [-0.05, 0) is 67.7 Å². The van der Waals surface area contributed by atoms with Gasteiger partial charge in [0.15, 0.2) is 0 Å². The Balaban J connectivity index is 0.00000334. The van der Waals surface area contributed by atoms with Crippen LogP contribution in [0.1, 0.15) is 47.0 Å². The number of likely N-dealkylation sites (tertiary alicyclic amines) is 1. The predicted octanol–water partition coefficient (Wildman–Crippen LogP) is 4.07. The summed E-state index contributed by atoms with van der Waals surface area (Å²) in [5.74, 6) is 3.40. The van der Waals surface area contributed by atoms with E-state index in [0.717, 1.165) is 51.6 Å². The second kappa shape index (κ2) is 17.4. The molecule has 10 heteroatoms. The molecular formula is C27H49FN6O2S. The van der Waals surface area contributed by atoms with Crippen LogP contribution in [0.2, 0.25) is 0 Å². The summed E-state index contributed by atoms with van der Waals surface area (Å²) in [6, 6.07) is 0.882. The van der Waals surface area contributed by atoms with Gasteiger partial charge < -0.3 is 20.7 Å². The van der Waals surface area contributed by atoms with E-state index in [0.29, 0.717) is 42.9 Å². The van der Waals surface area contributed by atoms with Crippen molar-refractivity contribution in [1.82, 2.24) is 19.4 Å². The molecule has 2 aliphatic heterocycles. The maximum absolute atomic E-state index is 14.5. The molecule has 2 aliphatic rings. The number of rotatable bonds is 11. The van der Waals surface area contributed by atoms with E-state index in [2.05, 4.69) is 38.8 Å². The maximum atomic E-state index is 14.5. The molecule has 2 atom stereocenters. The molecule has 0 bridgehead atoms. The number of piperidine rings is 1. The highest BCUT2D eigenvalue weighted by Crippen LogP contribution is 2.24. The lowest BCUT2D eigenvalue weighted by Crippen LogP contribution is -2.57. The molecule has 0 aliphatic carbocycles. The van der Waals surface area contributed by atoms with Crippen LogP contribution >= 0.6 is 10.9 Å². The largest absolute Gasteiger partial charge is 0.511 e. The first kappa shape index (κ1) is 32.9. The monoisotopic (exact) mass is 540 g/mol. The highest BCUT2D eigenvalue weighted by Gasteiger charge is 2.32. The fourth-order valence-electron chi connectivity index (χ4n) is 4.78. The Hall–Kier alpha value is -2.11. The Morgan fingerprint density at radius 3 is 2.27 bits per heavy atom. The normalized spacial score (nSPS) is 23.1. The van der Waals surface area contributed by atoms with Gasteiger partial charge in [0.25, 0.3) is 0 Å². The molecule has 2 saturated heterocycles. The number of nitrogens with two attached hydrogens (primary N) is 2. The van der Waals surface area contributed by atoms with Gasteiger partial charge in [-0.1, -0.05) is 27.4 Å². The third-order valence-electron chi connectivity index (χ3n) is 6.59. The summed E-state index contributed by atoms with van der Waals surface area (Å²) in [7, 11) is -0.759. The van der Waals surface area contributed by atoms with Crippen LogP contribution in [0.5, 0.6) is 0 Å². The molecule has 2 unspecified atom stereocenters.